The summed E-state index contributed by atoms with van der Waals surface area (Å²) in [5, 5.41) is 3.52. The van der Waals surface area contributed by atoms with E-state index in [4.69, 9.17) is 11.6 Å². The molecule has 1 fully saturated rings. The summed E-state index contributed by atoms with van der Waals surface area (Å²) in [6, 6.07) is 10.6. The number of nitrogens with one attached hydrogen (secondary N) is 1. The minimum absolute atomic E-state index is 0.215. The number of benzene rings is 2. The summed E-state index contributed by atoms with van der Waals surface area (Å²) in [5.74, 6) is -1.82. The minimum atomic E-state index is -0.918. The highest BCUT2D eigenvalue weighted by Crippen LogP contribution is 2.21. The quantitative estimate of drug-likeness (QED) is 0.867. The van der Waals surface area contributed by atoms with Crippen molar-refractivity contribution in [1.82, 2.24) is 10.2 Å². The Balaban J connectivity index is 1.55. The lowest BCUT2D eigenvalue weighted by atomic mass is 10.1. The van der Waals surface area contributed by atoms with Gasteiger partial charge >= 0.3 is 6.03 Å². The lowest BCUT2D eigenvalue weighted by Crippen LogP contribution is -2.52. The number of hydrogen-bond donors (Lipinski definition) is 1. The van der Waals surface area contributed by atoms with Gasteiger partial charge in [-0.1, -0.05) is 23.7 Å². The minimum Gasteiger partial charge on any atom is -0.368 e. The van der Waals surface area contributed by atoms with Crippen molar-refractivity contribution >= 4 is 23.3 Å². The standard InChI is InChI=1S/C19H20ClF2N3O/c1-13(14-5-6-17(21)18(22)11-14)23-19(26)25-9-7-24(8-10-25)16-4-2-3-15(20)12-16/h2-6,11-13H,7-10H2,1H3,(H,23,26)/t13-/m1/s1. The molecule has 2 aromatic carbocycles. The van der Waals surface area contributed by atoms with E-state index in [0.29, 0.717) is 36.8 Å². The Kier molecular flexibility index (Phi) is 5.61. The maximum absolute atomic E-state index is 13.4. The smallest absolute Gasteiger partial charge is 0.317 e. The van der Waals surface area contributed by atoms with Crippen LogP contribution in [0.3, 0.4) is 0 Å². The second-order valence-corrected chi connectivity index (χ2v) is 6.74. The van der Waals surface area contributed by atoms with Gasteiger partial charge in [0.15, 0.2) is 11.6 Å². The average molecular weight is 380 g/mol. The van der Waals surface area contributed by atoms with E-state index in [1.165, 1.54) is 6.07 Å². The second-order valence-electron chi connectivity index (χ2n) is 6.30. The summed E-state index contributed by atoms with van der Waals surface area (Å²) >= 11 is 6.03. The number of hydrogen-bond acceptors (Lipinski definition) is 2. The predicted molar refractivity (Wildman–Crippen MR) is 98.5 cm³/mol. The summed E-state index contributed by atoms with van der Waals surface area (Å²) in [4.78, 5) is 16.3. The van der Waals surface area contributed by atoms with Crippen LogP contribution in [0.2, 0.25) is 5.02 Å². The Bertz CT molecular complexity index is 794. The van der Waals surface area contributed by atoms with Crippen molar-refractivity contribution in [2.75, 3.05) is 31.1 Å². The number of carbonyl (C=O) groups is 1. The first kappa shape index (κ1) is 18.5. The third-order valence-corrected chi connectivity index (χ3v) is 4.76. The van der Waals surface area contributed by atoms with Crippen LogP contribution < -0.4 is 10.2 Å². The van der Waals surface area contributed by atoms with Crippen molar-refractivity contribution in [3.05, 3.63) is 64.7 Å². The molecule has 26 heavy (non-hydrogen) atoms. The molecule has 0 unspecified atom stereocenters. The van der Waals surface area contributed by atoms with Gasteiger partial charge in [0.25, 0.3) is 0 Å². The zero-order valence-electron chi connectivity index (χ0n) is 14.4. The fourth-order valence-electron chi connectivity index (χ4n) is 2.98. The average Bonchev–Trinajstić information content (AvgIpc) is 2.64. The highest BCUT2D eigenvalue weighted by molar-refractivity contribution is 6.30. The molecular weight excluding hydrogens is 360 g/mol. The van der Waals surface area contributed by atoms with Crippen LogP contribution >= 0.6 is 11.6 Å². The molecule has 1 saturated heterocycles. The van der Waals surface area contributed by atoms with Gasteiger partial charge in [-0.05, 0) is 42.8 Å². The van der Waals surface area contributed by atoms with Crippen LogP contribution in [-0.4, -0.2) is 37.1 Å². The van der Waals surface area contributed by atoms with Gasteiger partial charge in [-0.25, -0.2) is 13.6 Å². The summed E-state index contributed by atoms with van der Waals surface area (Å²) in [5.41, 5.74) is 1.56. The van der Waals surface area contributed by atoms with Crippen molar-refractivity contribution < 1.29 is 13.6 Å². The first-order chi connectivity index (χ1) is 12.4. The van der Waals surface area contributed by atoms with Crippen LogP contribution in [0.25, 0.3) is 0 Å². The monoisotopic (exact) mass is 379 g/mol. The molecule has 0 aromatic heterocycles. The van der Waals surface area contributed by atoms with E-state index >= 15 is 0 Å². The van der Waals surface area contributed by atoms with E-state index in [9.17, 15) is 13.6 Å². The molecule has 0 bridgehead atoms. The maximum Gasteiger partial charge on any atom is 0.317 e. The molecule has 2 amide bonds. The topological polar surface area (TPSA) is 35.6 Å². The van der Waals surface area contributed by atoms with Crippen LogP contribution in [0.1, 0.15) is 18.5 Å². The lowest BCUT2D eigenvalue weighted by molar-refractivity contribution is 0.191. The maximum atomic E-state index is 13.4. The molecule has 1 aliphatic heterocycles. The molecule has 138 valence electrons. The van der Waals surface area contributed by atoms with Crippen molar-refractivity contribution in [2.24, 2.45) is 0 Å². The first-order valence-corrected chi connectivity index (χ1v) is 8.83. The molecule has 1 atom stereocenters. The zero-order chi connectivity index (χ0) is 18.7. The molecule has 0 spiro atoms. The van der Waals surface area contributed by atoms with E-state index in [0.717, 1.165) is 17.8 Å². The molecule has 7 heteroatoms. The third-order valence-electron chi connectivity index (χ3n) is 4.52. The Hall–Kier alpha value is -2.34. The third kappa shape index (κ3) is 4.25. The number of piperazine rings is 1. The van der Waals surface area contributed by atoms with Crippen LogP contribution in [0.4, 0.5) is 19.3 Å². The van der Waals surface area contributed by atoms with Gasteiger partial charge in [0.1, 0.15) is 0 Å². The lowest BCUT2D eigenvalue weighted by Gasteiger charge is -2.36. The van der Waals surface area contributed by atoms with Gasteiger partial charge in [-0.15, -0.1) is 0 Å². The first-order valence-electron chi connectivity index (χ1n) is 8.45. The zero-order valence-corrected chi connectivity index (χ0v) is 15.1. The Morgan fingerprint density at radius 2 is 1.81 bits per heavy atom. The van der Waals surface area contributed by atoms with E-state index < -0.39 is 17.7 Å². The van der Waals surface area contributed by atoms with Crippen LogP contribution in [-0.2, 0) is 0 Å². The number of urea groups is 1. The number of anilines is 1. The summed E-state index contributed by atoms with van der Waals surface area (Å²) in [6.45, 7) is 4.29. The number of nitrogens with zero attached hydrogens (tertiary/aromatic N) is 2. The summed E-state index contributed by atoms with van der Waals surface area (Å²) in [7, 11) is 0. The fourth-order valence-corrected chi connectivity index (χ4v) is 3.17. The molecule has 1 N–H and O–H groups in total. The van der Waals surface area contributed by atoms with E-state index in [1.807, 2.05) is 24.3 Å². The highest BCUT2D eigenvalue weighted by atomic mass is 35.5. The molecule has 2 aromatic rings. The number of carbonyl (C=O) groups excluding carboxylic acids is 1. The van der Waals surface area contributed by atoms with Gasteiger partial charge in [-0.3, -0.25) is 0 Å². The van der Waals surface area contributed by atoms with Crippen LogP contribution in [0, 0.1) is 11.6 Å². The largest absolute Gasteiger partial charge is 0.368 e. The molecule has 0 saturated carbocycles. The molecule has 1 heterocycles. The normalized spacial score (nSPS) is 15.7. The Morgan fingerprint density at radius 3 is 2.46 bits per heavy atom. The highest BCUT2D eigenvalue weighted by Gasteiger charge is 2.23. The van der Waals surface area contributed by atoms with E-state index in [1.54, 1.807) is 11.8 Å². The van der Waals surface area contributed by atoms with Crippen LogP contribution in [0.5, 0.6) is 0 Å². The Labute approximate surface area is 156 Å². The van der Waals surface area contributed by atoms with Gasteiger partial charge in [0.05, 0.1) is 6.04 Å². The fraction of sp³-hybridized carbons (Fsp3) is 0.316. The summed E-state index contributed by atoms with van der Waals surface area (Å²) < 4.78 is 26.4. The van der Waals surface area contributed by atoms with Gasteiger partial charge in [0.2, 0.25) is 0 Å². The molecule has 3 rings (SSSR count). The molecule has 4 nitrogen and oxygen atoms in total. The van der Waals surface area contributed by atoms with Crippen molar-refractivity contribution in [3.8, 4) is 0 Å². The van der Waals surface area contributed by atoms with Gasteiger partial charge in [0, 0.05) is 36.9 Å². The molecule has 0 radical (unpaired) electrons. The molecule has 1 aliphatic rings. The molecule has 0 aliphatic carbocycles. The number of halogens is 3. The van der Waals surface area contributed by atoms with E-state index in [2.05, 4.69) is 10.2 Å². The van der Waals surface area contributed by atoms with Crippen molar-refractivity contribution in [2.45, 2.75) is 13.0 Å². The van der Waals surface area contributed by atoms with Crippen LogP contribution in [0.15, 0.2) is 42.5 Å². The predicted octanol–water partition coefficient (Wildman–Crippen LogP) is 4.21. The van der Waals surface area contributed by atoms with Gasteiger partial charge < -0.3 is 15.1 Å². The van der Waals surface area contributed by atoms with Crippen molar-refractivity contribution in [3.63, 3.8) is 0 Å². The SMILES string of the molecule is C[C@@H](NC(=O)N1CCN(c2cccc(Cl)c2)CC1)c1ccc(F)c(F)c1. The van der Waals surface area contributed by atoms with Gasteiger partial charge in [-0.2, -0.15) is 0 Å². The Morgan fingerprint density at radius 1 is 1.08 bits per heavy atom. The number of rotatable bonds is 3. The van der Waals surface area contributed by atoms with Crippen molar-refractivity contribution in [1.29, 1.82) is 0 Å². The second kappa shape index (κ2) is 7.91. The molecular formula is C19H20ClF2N3O. The van der Waals surface area contributed by atoms with E-state index in [-0.39, 0.29) is 6.03 Å². The number of amides is 2. The summed E-state index contributed by atoms with van der Waals surface area (Å²) in [6.07, 6.45) is 0.